The fraction of sp³-hybridized carbons (Fsp3) is 0.562. The van der Waals surface area contributed by atoms with Gasteiger partial charge in [0.05, 0.1) is 6.54 Å². The van der Waals surface area contributed by atoms with Crippen LogP contribution in [0.3, 0.4) is 0 Å². The number of nitrogens with one attached hydrogen (secondary N) is 1. The van der Waals surface area contributed by atoms with E-state index >= 15 is 0 Å². The van der Waals surface area contributed by atoms with E-state index in [1.54, 1.807) is 0 Å². The van der Waals surface area contributed by atoms with Gasteiger partial charge < -0.3 is 20.5 Å². The second-order valence-corrected chi connectivity index (χ2v) is 5.81. The minimum absolute atomic E-state index is 0.404. The van der Waals surface area contributed by atoms with E-state index in [0.29, 0.717) is 19.7 Å². The second-order valence-electron chi connectivity index (χ2n) is 5.81. The van der Waals surface area contributed by atoms with Crippen LogP contribution < -0.4 is 15.8 Å². The van der Waals surface area contributed by atoms with E-state index in [2.05, 4.69) is 5.32 Å². The molecule has 1 amide bonds. The van der Waals surface area contributed by atoms with Gasteiger partial charge in [0, 0.05) is 0 Å². The lowest BCUT2D eigenvalue weighted by atomic mass is 10.1. The van der Waals surface area contributed by atoms with Crippen molar-refractivity contribution in [1.82, 2.24) is 5.32 Å². The molecule has 0 saturated carbocycles. The Morgan fingerprint density at radius 2 is 1.90 bits per heavy atom. The largest absolute Gasteiger partial charge is 0.492 e. The van der Waals surface area contributed by atoms with Crippen molar-refractivity contribution in [2.75, 3.05) is 19.7 Å². The third kappa shape index (κ3) is 8.19. The van der Waals surface area contributed by atoms with Crippen molar-refractivity contribution in [1.29, 1.82) is 0 Å². The van der Waals surface area contributed by atoms with Gasteiger partial charge in [-0.1, -0.05) is 12.1 Å². The van der Waals surface area contributed by atoms with E-state index in [1.807, 2.05) is 45.0 Å². The zero-order valence-corrected chi connectivity index (χ0v) is 13.1. The molecule has 118 valence electrons. The Morgan fingerprint density at radius 1 is 1.24 bits per heavy atom. The first-order valence-electron chi connectivity index (χ1n) is 7.29. The topological polar surface area (TPSA) is 73.6 Å². The molecular formula is C16H26N2O3. The number of benzene rings is 1. The predicted octanol–water partition coefficient (Wildman–Crippen LogP) is 2.48. The SMILES string of the molecule is CC(C)(C)OC(=O)NCCOc1ccc(CCCN)cc1. The number of amides is 1. The van der Waals surface area contributed by atoms with Crippen molar-refractivity contribution in [3.63, 3.8) is 0 Å². The van der Waals surface area contributed by atoms with Crippen molar-refractivity contribution in [2.24, 2.45) is 5.73 Å². The Morgan fingerprint density at radius 3 is 2.48 bits per heavy atom. The molecular weight excluding hydrogens is 268 g/mol. The lowest BCUT2D eigenvalue weighted by Crippen LogP contribution is -2.34. The van der Waals surface area contributed by atoms with Crippen molar-refractivity contribution in [3.05, 3.63) is 29.8 Å². The molecule has 0 bridgehead atoms. The lowest BCUT2D eigenvalue weighted by Gasteiger charge is -2.19. The first kappa shape index (κ1) is 17.3. The maximum Gasteiger partial charge on any atom is 0.407 e. The zero-order valence-electron chi connectivity index (χ0n) is 13.1. The van der Waals surface area contributed by atoms with Crippen LogP contribution in [-0.2, 0) is 11.2 Å². The molecule has 0 fully saturated rings. The molecule has 0 atom stereocenters. The number of rotatable bonds is 7. The van der Waals surface area contributed by atoms with Crippen LogP contribution >= 0.6 is 0 Å². The van der Waals surface area contributed by atoms with Gasteiger partial charge in [0.25, 0.3) is 0 Å². The summed E-state index contributed by atoms with van der Waals surface area (Å²) in [5.41, 5.74) is 6.25. The molecule has 0 aliphatic heterocycles. The van der Waals surface area contributed by atoms with E-state index in [-0.39, 0.29) is 0 Å². The average molecular weight is 294 g/mol. The normalized spacial score (nSPS) is 11.0. The zero-order chi connectivity index (χ0) is 15.7. The Kier molecular flexibility index (Phi) is 7.02. The highest BCUT2D eigenvalue weighted by atomic mass is 16.6. The summed E-state index contributed by atoms with van der Waals surface area (Å²) in [6.45, 7) is 7.00. The molecule has 5 heteroatoms. The summed E-state index contributed by atoms with van der Waals surface area (Å²) in [6.07, 6.45) is 1.54. The highest BCUT2D eigenvalue weighted by Gasteiger charge is 2.15. The smallest absolute Gasteiger partial charge is 0.407 e. The molecule has 0 spiro atoms. The monoisotopic (exact) mass is 294 g/mol. The van der Waals surface area contributed by atoms with Gasteiger partial charge in [0.15, 0.2) is 0 Å². The standard InChI is InChI=1S/C16H26N2O3/c1-16(2,3)21-15(19)18-11-12-20-14-8-6-13(7-9-14)5-4-10-17/h6-9H,4-5,10-12,17H2,1-3H3,(H,18,19). The van der Waals surface area contributed by atoms with Gasteiger partial charge in [-0.05, 0) is 57.9 Å². The number of nitrogens with two attached hydrogens (primary N) is 1. The van der Waals surface area contributed by atoms with Crippen LogP contribution in [0.15, 0.2) is 24.3 Å². The summed E-state index contributed by atoms with van der Waals surface area (Å²) in [6, 6.07) is 7.93. The summed E-state index contributed by atoms with van der Waals surface area (Å²) in [7, 11) is 0. The number of ether oxygens (including phenoxy) is 2. The lowest BCUT2D eigenvalue weighted by molar-refractivity contribution is 0.0520. The summed E-state index contributed by atoms with van der Waals surface area (Å²) in [5, 5.41) is 2.65. The summed E-state index contributed by atoms with van der Waals surface area (Å²) in [5.74, 6) is 0.789. The number of carbonyl (C=O) groups excluding carboxylic acids is 1. The minimum Gasteiger partial charge on any atom is -0.492 e. The first-order valence-corrected chi connectivity index (χ1v) is 7.29. The molecule has 0 radical (unpaired) electrons. The summed E-state index contributed by atoms with van der Waals surface area (Å²) < 4.78 is 10.7. The third-order valence-electron chi connectivity index (χ3n) is 2.63. The van der Waals surface area contributed by atoms with Crippen molar-refractivity contribution in [3.8, 4) is 5.75 Å². The van der Waals surface area contributed by atoms with E-state index in [0.717, 1.165) is 18.6 Å². The quantitative estimate of drug-likeness (QED) is 0.758. The highest BCUT2D eigenvalue weighted by molar-refractivity contribution is 5.67. The molecule has 0 heterocycles. The first-order chi connectivity index (χ1) is 9.90. The van der Waals surface area contributed by atoms with Crippen molar-refractivity contribution in [2.45, 2.75) is 39.2 Å². The van der Waals surface area contributed by atoms with Crippen LogP contribution in [0.25, 0.3) is 0 Å². The molecule has 3 N–H and O–H groups in total. The molecule has 5 nitrogen and oxygen atoms in total. The molecule has 0 saturated heterocycles. The van der Waals surface area contributed by atoms with Crippen molar-refractivity contribution < 1.29 is 14.3 Å². The van der Waals surface area contributed by atoms with Crippen LogP contribution in [0, 0.1) is 0 Å². The van der Waals surface area contributed by atoms with Gasteiger partial charge in [-0.15, -0.1) is 0 Å². The van der Waals surface area contributed by atoms with Gasteiger partial charge in [0.2, 0.25) is 0 Å². The molecule has 0 aliphatic rings. The van der Waals surface area contributed by atoms with Crippen LogP contribution in [-0.4, -0.2) is 31.4 Å². The summed E-state index contributed by atoms with van der Waals surface area (Å²) in [4.78, 5) is 11.4. The highest BCUT2D eigenvalue weighted by Crippen LogP contribution is 2.13. The van der Waals surface area contributed by atoms with Crippen molar-refractivity contribution >= 4 is 6.09 Å². The fourth-order valence-electron chi connectivity index (χ4n) is 1.69. The van der Waals surface area contributed by atoms with Gasteiger partial charge >= 0.3 is 6.09 Å². The van der Waals surface area contributed by atoms with Crippen LogP contribution in [0.5, 0.6) is 5.75 Å². The Hall–Kier alpha value is -1.75. The maximum absolute atomic E-state index is 11.4. The van der Waals surface area contributed by atoms with E-state index in [1.165, 1.54) is 5.56 Å². The van der Waals surface area contributed by atoms with E-state index in [9.17, 15) is 4.79 Å². The average Bonchev–Trinajstić information content (AvgIpc) is 2.41. The predicted molar refractivity (Wildman–Crippen MR) is 83.5 cm³/mol. The fourth-order valence-corrected chi connectivity index (χ4v) is 1.69. The molecule has 1 rings (SSSR count). The van der Waals surface area contributed by atoms with Gasteiger partial charge in [-0.3, -0.25) is 0 Å². The maximum atomic E-state index is 11.4. The number of hydrogen-bond donors (Lipinski definition) is 2. The molecule has 0 aliphatic carbocycles. The number of carbonyl (C=O) groups is 1. The molecule has 1 aromatic rings. The molecule has 0 aromatic heterocycles. The van der Waals surface area contributed by atoms with Gasteiger partial charge in [0.1, 0.15) is 18.0 Å². The molecule has 21 heavy (non-hydrogen) atoms. The Bertz CT molecular complexity index is 424. The van der Waals surface area contributed by atoms with E-state index < -0.39 is 11.7 Å². The minimum atomic E-state index is -0.482. The van der Waals surface area contributed by atoms with Gasteiger partial charge in [-0.25, -0.2) is 4.79 Å². The Labute approximate surface area is 126 Å². The van der Waals surface area contributed by atoms with Crippen LogP contribution in [0.1, 0.15) is 32.8 Å². The summed E-state index contributed by atoms with van der Waals surface area (Å²) >= 11 is 0. The second kappa shape index (κ2) is 8.52. The van der Waals surface area contributed by atoms with E-state index in [4.69, 9.17) is 15.2 Å². The third-order valence-corrected chi connectivity index (χ3v) is 2.63. The van der Waals surface area contributed by atoms with Gasteiger partial charge in [-0.2, -0.15) is 0 Å². The number of alkyl carbamates (subject to hydrolysis) is 1. The Balaban J connectivity index is 2.22. The van der Waals surface area contributed by atoms with Crippen LogP contribution in [0.2, 0.25) is 0 Å². The van der Waals surface area contributed by atoms with Crippen LogP contribution in [0.4, 0.5) is 4.79 Å². The molecule has 0 unspecified atom stereocenters. The molecule has 1 aromatic carbocycles. The number of aryl methyl sites for hydroxylation is 1. The number of hydrogen-bond acceptors (Lipinski definition) is 4.